The van der Waals surface area contributed by atoms with Gasteiger partial charge in [0.15, 0.2) is 0 Å². The molecule has 0 aliphatic rings. The highest BCUT2D eigenvalue weighted by Gasteiger charge is 2.17. The summed E-state index contributed by atoms with van der Waals surface area (Å²) in [4.78, 5) is 19.1. The Labute approximate surface area is 131 Å². The van der Waals surface area contributed by atoms with Crippen molar-refractivity contribution < 1.29 is 8.42 Å². The Kier molecular flexibility index (Phi) is 3.62. The molecule has 3 rings (SSSR count). The van der Waals surface area contributed by atoms with Gasteiger partial charge in [-0.15, -0.1) is 11.3 Å². The second kappa shape index (κ2) is 5.33. The lowest BCUT2D eigenvalue weighted by Crippen LogP contribution is -2.14. The molecule has 0 unspecified atom stereocenters. The number of aromatic amines is 1. The van der Waals surface area contributed by atoms with Crippen molar-refractivity contribution in [1.29, 1.82) is 0 Å². The predicted octanol–water partition coefficient (Wildman–Crippen LogP) is 2.62. The fraction of sp³-hybridized carbons (Fsp3) is 0.200. The third-order valence-corrected chi connectivity index (χ3v) is 5.21. The second-order valence-electron chi connectivity index (χ2n) is 5.02. The summed E-state index contributed by atoms with van der Waals surface area (Å²) in [5.41, 5.74) is 2.48. The molecule has 0 fully saturated rings. The molecule has 0 bridgehead atoms. The molecular weight excluding hydrogens is 320 g/mol. The van der Waals surface area contributed by atoms with E-state index in [1.807, 2.05) is 29.6 Å². The van der Waals surface area contributed by atoms with E-state index in [4.69, 9.17) is 0 Å². The van der Waals surface area contributed by atoms with Crippen molar-refractivity contribution >= 4 is 31.4 Å². The number of hydrogen-bond donors (Lipinski definition) is 1. The van der Waals surface area contributed by atoms with Crippen LogP contribution in [0.1, 0.15) is 12.5 Å². The minimum Gasteiger partial charge on any atom is -0.297 e. The van der Waals surface area contributed by atoms with E-state index in [0.717, 1.165) is 23.8 Å². The second-order valence-corrected chi connectivity index (χ2v) is 7.81. The van der Waals surface area contributed by atoms with Crippen molar-refractivity contribution in [2.75, 3.05) is 6.26 Å². The van der Waals surface area contributed by atoms with Crippen LogP contribution in [0.3, 0.4) is 0 Å². The van der Waals surface area contributed by atoms with Crippen molar-refractivity contribution in [3.63, 3.8) is 0 Å². The van der Waals surface area contributed by atoms with Crippen LogP contribution in [0.25, 0.3) is 21.3 Å². The van der Waals surface area contributed by atoms with Crippen LogP contribution in [0.2, 0.25) is 0 Å². The molecule has 0 amide bonds. The van der Waals surface area contributed by atoms with Gasteiger partial charge in [-0.05, 0) is 17.5 Å². The van der Waals surface area contributed by atoms with E-state index in [2.05, 4.69) is 16.9 Å². The van der Waals surface area contributed by atoms with Crippen molar-refractivity contribution in [2.24, 2.45) is 0 Å². The topological polar surface area (TPSA) is 79.9 Å². The molecule has 0 atom stereocenters. The number of thiophene rings is 1. The molecule has 2 aromatic heterocycles. The molecule has 0 spiro atoms. The van der Waals surface area contributed by atoms with E-state index in [1.165, 1.54) is 16.9 Å². The lowest BCUT2D eigenvalue weighted by Gasteiger charge is -2.02. The number of nitrogens with one attached hydrogen (secondary N) is 1. The summed E-state index contributed by atoms with van der Waals surface area (Å²) in [6.45, 7) is 2.08. The Bertz CT molecular complexity index is 999. The van der Waals surface area contributed by atoms with Crippen LogP contribution in [-0.4, -0.2) is 24.6 Å². The summed E-state index contributed by atoms with van der Waals surface area (Å²) >= 11 is 1.27. The molecular formula is C15H14N2O3S2. The zero-order chi connectivity index (χ0) is 15.9. The Morgan fingerprint density at radius 3 is 2.50 bits per heavy atom. The summed E-state index contributed by atoms with van der Waals surface area (Å²) in [7, 11) is -3.54. The highest BCUT2D eigenvalue weighted by molar-refractivity contribution is 7.90. The van der Waals surface area contributed by atoms with Gasteiger partial charge in [-0.25, -0.2) is 13.4 Å². The van der Waals surface area contributed by atoms with Crippen LogP contribution in [0.4, 0.5) is 0 Å². The summed E-state index contributed by atoms with van der Waals surface area (Å²) in [5, 5.41) is 1.97. The van der Waals surface area contributed by atoms with Crippen LogP contribution in [0.15, 0.2) is 39.6 Å². The molecule has 22 heavy (non-hydrogen) atoms. The van der Waals surface area contributed by atoms with Gasteiger partial charge >= 0.3 is 0 Å². The maximum Gasteiger partial charge on any atom is 0.261 e. The standard InChI is InChI=1S/C15H14N2O3S2/c1-3-9-4-6-10(7-5-9)11-8-21-14-12(11)13(18)16-15(17-14)22(2,19)20/h4-8H,3H2,1-2H3,(H,16,17,18). The molecule has 0 saturated heterocycles. The van der Waals surface area contributed by atoms with Crippen LogP contribution < -0.4 is 5.56 Å². The fourth-order valence-electron chi connectivity index (χ4n) is 2.24. The smallest absolute Gasteiger partial charge is 0.261 e. The van der Waals surface area contributed by atoms with Gasteiger partial charge in [0.05, 0.1) is 5.39 Å². The first kappa shape index (κ1) is 14.9. The SMILES string of the molecule is CCc1ccc(-c2csc3nc(S(C)(=O)=O)[nH]c(=O)c23)cc1. The van der Waals surface area contributed by atoms with Crippen molar-refractivity contribution in [3.8, 4) is 11.1 Å². The van der Waals surface area contributed by atoms with E-state index < -0.39 is 15.4 Å². The zero-order valence-corrected chi connectivity index (χ0v) is 13.7. The molecule has 1 aromatic carbocycles. The fourth-order valence-corrected chi connectivity index (χ4v) is 3.78. The number of fused-ring (bicyclic) bond motifs is 1. The Balaban J connectivity index is 2.22. The van der Waals surface area contributed by atoms with E-state index in [-0.39, 0.29) is 5.16 Å². The summed E-state index contributed by atoms with van der Waals surface area (Å²) < 4.78 is 23.1. The first-order chi connectivity index (χ1) is 10.4. The number of H-pyrrole nitrogens is 1. The molecule has 1 N–H and O–H groups in total. The molecule has 5 nitrogen and oxygen atoms in total. The molecule has 2 heterocycles. The minimum atomic E-state index is -3.54. The third-order valence-electron chi connectivity index (χ3n) is 3.45. The molecule has 7 heteroatoms. The molecule has 114 valence electrons. The number of sulfone groups is 1. The lowest BCUT2D eigenvalue weighted by atomic mass is 10.0. The van der Waals surface area contributed by atoms with Gasteiger partial charge in [-0.3, -0.25) is 9.78 Å². The highest BCUT2D eigenvalue weighted by Crippen LogP contribution is 2.31. The number of benzene rings is 1. The summed E-state index contributed by atoms with van der Waals surface area (Å²) in [6.07, 6.45) is 1.97. The summed E-state index contributed by atoms with van der Waals surface area (Å²) in [6, 6.07) is 7.96. The number of aromatic nitrogens is 2. The molecule has 3 aromatic rings. The van der Waals surface area contributed by atoms with Gasteiger partial charge in [0.25, 0.3) is 5.56 Å². The molecule has 0 aliphatic carbocycles. The monoisotopic (exact) mass is 334 g/mol. The van der Waals surface area contributed by atoms with Gasteiger partial charge in [-0.1, -0.05) is 31.2 Å². The Morgan fingerprint density at radius 2 is 1.91 bits per heavy atom. The largest absolute Gasteiger partial charge is 0.297 e. The molecule has 0 saturated carbocycles. The van der Waals surface area contributed by atoms with Crippen molar-refractivity contribution in [1.82, 2.24) is 9.97 Å². The minimum absolute atomic E-state index is 0.292. The van der Waals surface area contributed by atoms with E-state index in [0.29, 0.717) is 10.2 Å². The normalized spacial score (nSPS) is 11.9. The van der Waals surface area contributed by atoms with Crippen molar-refractivity contribution in [2.45, 2.75) is 18.5 Å². The predicted molar refractivity (Wildman–Crippen MR) is 88.2 cm³/mol. The average molecular weight is 334 g/mol. The summed E-state index contributed by atoms with van der Waals surface area (Å²) in [5.74, 6) is 0. The van der Waals surface area contributed by atoms with E-state index in [1.54, 1.807) is 0 Å². The quantitative estimate of drug-likeness (QED) is 0.747. The van der Waals surface area contributed by atoms with Crippen LogP contribution >= 0.6 is 11.3 Å². The van der Waals surface area contributed by atoms with Gasteiger partial charge < -0.3 is 0 Å². The Hall–Kier alpha value is -1.99. The van der Waals surface area contributed by atoms with E-state index >= 15 is 0 Å². The molecule has 0 aliphatic heterocycles. The first-order valence-corrected chi connectivity index (χ1v) is 9.48. The zero-order valence-electron chi connectivity index (χ0n) is 12.1. The third kappa shape index (κ3) is 2.57. The first-order valence-electron chi connectivity index (χ1n) is 6.71. The van der Waals surface area contributed by atoms with Crippen LogP contribution in [0.5, 0.6) is 0 Å². The van der Waals surface area contributed by atoms with Crippen LogP contribution in [0, 0.1) is 0 Å². The van der Waals surface area contributed by atoms with Gasteiger partial charge in [0.2, 0.25) is 15.0 Å². The molecule has 0 radical (unpaired) electrons. The van der Waals surface area contributed by atoms with Crippen molar-refractivity contribution in [3.05, 3.63) is 45.6 Å². The van der Waals surface area contributed by atoms with E-state index in [9.17, 15) is 13.2 Å². The van der Waals surface area contributed by atoms with Gasteiger partial charge in [-0.2, -0.15) is 0 Å². The van der Waals surface area contributed by atoms with Crippen LogP contribution in [-0.2, 0) is 16.3 Å². The highest BCUT2D eigenvalue weighted by atomic mass is 32.2. The van der Waals surface area contributed by atoms with Gasteiger partial charge in [0, 0.05) is 17.2 Å². The average Bonchev–Trinajstić information content (AvgIpc) is 2.91. The maximum atomic E-state index is 12.3. The number of hydrogen-bond acceptors (Lipinski definition) is 5. The number of aryl methyl sites for hydroxylation is 1. The van der Waals surface area contributed by atoms with Gasteiger partial charge in [0.1, 0.15) is 4.83 Å². The Morgan fingerprint density at radius 1 is 1.23 bits per heavy atom. The lowest BCUT2D eigenvalue weighted by molar-refractivity contribution is 0.593. The number of rotatable bonds is 3. The number of nitrogens with zero attached hydrogens (tertiary/aromatic N) is 1. The maximum absolute atomic E-state index is 12.3.